The van der Waals surface area contributed by atoms with Crippen LogP contribution in [-0.4, -0.2) is 25.7 Å². The lowest BCUT2D eigenvalue weighted by Gasteiger charge is -2.13. The Morgan fingerprint density at radius 1 is 1.50 bits per heavy atom. The summed E-state index contributed by atoms with van der Waals surface area (Å²) < 4.78 is 1.77. The lowest BCUT2D eigenvalue weighted by molar-refractivity contribution is 0.0927. The molecule has 0 saturated heterocycles. The second kappa shape index (κ2) is 5.90. The van der Waals surface area contributed by atoms with E-state index in [0.29, 0.717) is 5.69 Å². The van der Waals surface area contributed by atoms with E-state index < -0.39 is 0 Å². The van der Waals surface area contributed by atoms with E-state index in [1.54, 1.807) is 16.9 Å². The molecule has 0 aliphatic rings. The van der Waals surface area contributed by atoms with Gasteiger partial charge in [0.15, 0.2) is 0 Å². The van der Waals surface area contributed by atoms with Gasteiger partial charge in [0.1, 0.15) is 11.5 Å². The van der Waals surface area contributed by atoms with Crippen LogP contribution in [0.5, 0.6) is 0 Å². The predicted octanol–water partition coefficient (Wildman–Crippen LogP) is 2.38. The van der Waals surface area contributed by atoms with Crippen LogP contribution in [0.15, 0.2) is 18.5 Å². The number of nitrogens with one attached hydrogen (secondary N) is 2. The monoisotopic (exact) mass is 275 g/mol. The minimum atomic E-state index is -0.176. The van der Waals surface area contributed by atoms with E-state index in [9.17, 15) is 4.79 Å². The first-order valence-corrected chi connectivity index (χ1v) is 6.88. The van der Waals surface area contributed by atoms with Crippen molar-refractivity contribution < 1.29 is 4.79 Å². The van der Waals surface area contributed by atoms with Gasteiger partial charge in [-0.05, 0) is 33.3 Å². The highest BCUT2D eigenvalue weighted by Gasteiger charge is 2.18. The van der Waals surface area contributed by atoms with E-state index in [2.05, 4.69) is 20.4 Å². The van der Waals surface area contributed by atoms with E-state index in [1.165, 1.54) is 0 Å². The van der Waals surface area contributed by atoms with Crippen LogP contribution in [0.1, 0.15) is 61.3 Å². The lowest BCUT2D eigenvalue weighted by Crippen LogP contribution is -2.29. The minimum Gasteiger partial charge on any atom is -0.344 e. The number of rotatable bonds is 5. The third kappa shape index (κ3) is 3.07. The molecule has 1 atom stereocenters. The zero-order valence-corrected chi connectivity index (χ0v) is 12.3. The quantitative estimate of drug-likeness (QED) is 0.879. The van der Waals surface area contributed by atoms with Gasteiger partial charge in [-0.1, -0.05) is 6.92 Å². The molecule has 6 heteroatoms. The number of amides is 1. The van der Waals surface area contributed by atoms with Gasteiger partial charge in [-0.25, -0.2) is 4.98 Å². The van der Waals surface area contributed by atoms with Crippen LogP contribution in [0.3, 0.4) is 0 Å². The van der Waals surface area contributed by atoms with Crippen molar-refractivity contribution in [3.8, 4) is 0 Å². The van der Waals surface area contributed by atoms with Gasteiger partial charge in [-0.3, -0.25) is 9.48 Å². The molecule has 0 aliphatic heterocycles. The molecular weight excluding hydrogens is 254 g/mol. The highest BCUT2D eigenvalue weighted by Crippen LogP contribution is 2.14. The number of aryl methyl sites for hydroxylation is 1. The van der Waals surface area contributed by atoms with Crippen molar-refractivity contribution in [2.45, 2.75) is 46.2 Å². The molecule has 2 rings (SSSR count). The number of hydrogen-bond donors (Lipinski definition) is 2. The molecule has 0 aliphatic carbocycles. The molecular formula is C14H21N5O. The highest BCUT2D eigenvalue weighted by atomic mass is 16.2. The fourth-order valence-electron chi connectivity index (χ4n) is 1.95. The van der Waals surface area contributed by atoms with Crippen molar-refractivity contribution in [1.82, 2.24) is 25.1 Å². The van der Waals surface area contributed by atoms with Gasteiger partial charge < -0.3 is 10.3 Å². The summed E-state index contributed by atoms with van der Waals surface area (Å²) in [6.07, 6.45) is 4.35. The molecule has 0 aromatic carbocycles. The molecule has 0 fully saturated rings. The van der Waals surface area contributed by atoms with Crippen LogP contribution in [0, 0.1) is 6.92 Å². The van der Waals surface area contributed by atoms with Crippen LogP contribution in [0.25, 0.3) is 0 Å². The Hall–Kier alpha value is -2.11. The predicted molar refractivity (Wildman–Crippen MR) is 76.4 cm³/mol. The molecule has 2 aromatic heterocycles. The first-order valence-electron chi connectivity index (χ1n) is 6.88. The summed E-state index contributed by atoms with van der Waals surface area (Å²) in [6, 6.07) is 1.85. The van der Waals surface area contributed by atoms with Crippen LogP contribution >= 0.6 is 0 Å². The van der Waals surface area contributed by atoms with Crippen molar-refractivity contribution in [3.05, 3.63) is 35.7 Å². The van der Waals surface area contributed by atoms with Crippen LogP contribution in [0.2, 0.25) is 0 Å². The third-order valence-corrected chi connectivity index (χ3v) is 3.14. The molecule has 0 saturated carbocycles. The average Bonchev–Trinajstić information content (AvgIpc) is 3.04. The largest absolute Gasteiger partial charge is 0.344 e. The molecule has 2 heterocycles. The Morgan fingerprint density at radius 2 is 2.25 bits per heavy atom. The molecule has 2 aromatic rings. The molecule has 0 radical (unpaired) electrons. The van der Waals surface area contributed by atoms with Gasteiger partial charge in [0.25, 0.3) is 5.91 Å². The minimum absolute atomic E-state index is 0.125. The number of hydrogen-bond acceptors (Lipinski definition) is 3. The number of carbonyl (C=O) groups is 1. The van der Waals surface area contributed by atoms with Crippen molar-refractivity contribution >= 4 is 5.91 Å². The Morgan fingerprint density at radius 3 is 2.75 bits per heavy atom. The highest BCUT2D eigenvalue weighted by molar-refractivity contribution is 5.92. The van der Waals surface area contributed by atoms with E-state index >= 15 is 0 Å². The summed E-state index contributed by atoms with van der Waals surface area (Å²) in [6.45, 7) is 8.00. The maximum Gasteiger partial charge on any atom is 0.272 e. The van der Waals surface area contributed by atoms with E-state index in [-0.39, 0.29) is 18.0 Å². The standard InChI is InChI=1S/C14H21N5O/c1-5-11(13-15-8-10(4)16-13)17-14(20)12-6-7-19(18-12)9(2)3/h6-9,11H,5H2,1-4H3,(H,15,16)(H,17,20). The van der Waals surface area contributed by atoms with Gasteiger partial charge in [-0.15, -0.1) is 0 Å². The molecule has 1 unspecified atom stereocenters. The van der Waals surface area contributed by atoms with Gasteiger partial charge in [0, 0.05) is 24.1 Å². The number of imidazole rings is 1. The Balaban J connectivity index is 2.08. The number of nitrogens with zero attached hydrogens (tertiary/aromatic N) is 3. The maximum atomic E-state index is 12.2. The van der Waals surface area contributed by atoms with Gasteiger partial charge in [-0.2, -0.15) is 5.10 Å². The van der Waals surface area contributed by atoms with E-state index in [0.717, 1.165) is 17.9 Å². The molecule has 0 bridgehead atoms. The van der Waals surface area contributed by atoms with Crippen molar-refractivity contribution in [2.24, 2.45) is 0 Å². The Bertz CT molecular complexity index is 584. The third-order valence-electron chi connectivity index (χ3n) is 3.14. The van der Waals surface area contributed by atoms with Crippen molar-refractivity contribution in [3.63, 3.8) is 0 Å². The summed E-state index contributed by atoms with van der Waals surface area (Å²) in [7, 11) is 0. The fourth-order valence-corrected chi connectivity index (χ4v) is 1.95. The molecule has 20 heavy (non-hydrogen) atoms. The summed E-state index contributed by atoms with van der Waals surface area (Å²) in [4.78, 5) is 19.6. The van der Waals surface area contributed by atoms with Crippen molar-refractivity contribution in [1.29, 1.82) is 0 Å². The zero-order valence-electron chi connectivity index (χ0n) is 12.3. The Kier molecular flexibility index (Phi) is 4.22. The van der Waals surface area contributed by atoms with Crippen molar-refractivity contribution in [2.75, 3.05) is 0 Å². The smallest absolute Gasteiger partial charge is 0.272 e. The number of H-pyrrole nitrogens is 1. The fraction of sp³-hybridized carbons (Fsp3) is 0.500. The number of carbonyl (C=O) groups excluding carboxylic acids is 1. The van der Waals surface area contributed by atoms with Gasteiger partial charge in [0.2, 0.25) is 0 Å². The first kappa shape index (κ1) is 14.3. The van der Waals surface area contributed by atoms with Crippen LogP contribution in [-0.2, 0) is 0 Å². The van der Waals surface area contributed by atoms with Crippen LogP contribution in [0.4, 0.5) is 0 Å². The molecule has 0 spiro atoms. The lowest BCUT2D eigenvalue weighted by atomic mass is 10.2. The molecule has 6 nitrogen and oxygen atoms in total. The van der Waals surface area contributed by atoms with Gasteiger partial charge in [0.05, 0.1) is 6.04 Å². The second-order valence-corrected chi connectivity index (χ2v) is 5.16. The van der Waals surface area contributed by atoms with Gasteiger partial charge >= 0.3 is 0 Å². The maximum absolute atomic E-state index is 12.2. The number of aromatic nitrogens is 4. The summed E-state index contributed by atoms with van der Waals surface area (Å²) in [5.74, 6) is 0.604. The number of aromatic amines is 1. The molecule has 1 amide bonds. The normalized spacial score (nSPS) is 12.7. The van der Waals surface area contributed by atoms with E-state index in [1.807, 2.05) is 33.9 Å². The molecule has 108 valence electrons. The summed E-state index contributed by atoms with van der Waals surface area (Å²) in [5, 5.41) is 7.23. The second-order valence-electron chi connectivity index (χ2n) is 5.16. The first-order chi connectivity index (χ1) is 9.51. The zero-order chi connectivity index (χ0) is 14.7. The summed E-state index contributed by atoms with van der Waals surface area (Å²) in [5.41, 5.74) is 1.41. The SMILES string of the molecule is CCC(NC(=O)c1ccn(C(C)C)n1)c1ncc(C)[nH]1. The molecule has 2 N–H and O–H groups in total. The topological polar surface area (TPSA) is 75.6 Å². The summed E-state index contributed by atoms with van der Waals surface area (Å²) >= 11 is 0. The average molecular weight is 275 g/mol. The Labute approximate surface area is 118 Å². The van der Waals surface area contributed by atoms with Crippen LogP contribution < -0.4 is 5.32 Å². The van der Waals surface area contributed by atoms with E-state index in [4.69, 9.17) is 0 Å².